The molecule has 4 aromatic rings. The number of benzene rings is 2. The van der Waals surface area contributed by atoms with Gasteiger partial charge in [0.2, 0.25) is 5.95 Å². The van der Waals surface area contributed by atoms with Gasteiger partial charge in [-0.3, -0.25) is 4.90 Å². The monoisotopic (exact) mass is 483 g/mol. The molecule has 184 valence electrons. The zero-order chi connectivity index (χ0) is 24.7. The Morgan fingerprint density at radius 2 is 1.78 bits per heavy atom. The first-order valence-corrected chi connectivity index (χ1v) is 11.9. The number of morpholine rings is 1. The van der Waals surface area contributed by atoms with Crippen molar-refractivity contribution >= 4 is 17.5 Å². The summed E-state index contributed by atoms with van der Waals surface area (Å²) in [7, 11) is 1.63. The van der Waals surface area contributed by atoms with Gasteiger partial charge in [0.1, 0.15) is 11.6 Å². The Morgan fingerprint density at radius 1 is 0.972 bits per heavy atom. The van der Waals surface area contributed by atoms with Gasteiger partial charge in [0.15, 0.2) is 5.82 Å². The van der Waals surface area contributed by atoms with E-state index in [2.05, 4.69) is 42.3 Å². The molecule has 0 aliphatic carbocycles. The molecule has 9 nitrogen and oxygen atoms in total. The number of aromatic nitrogens is 4. The van der Waals surface area contributed by atoms with Crippen LogP contribution in [0.3, 0.4) is 0 Å². The largest absolute Gasteiger partial charge is 0.496 e. The molecular formula is C27H29N7O2. The van der Waals surface area contributed by atoms with Crippen LogP contribution in [0.2, 0.25) is 0 Å². The Hall–Kier alpha value is -4.08. The third kappa shape index (κ3) is 5.59. The molecule has 1 aliphatic rings. The zero-order valence-corrected chi connectivity index (χ0v) is 20.2. The Morgan fingerprint density at radius 3 is 2.56 bits per heavy atom. The molecule has 0 radical (unpaired) electrons. The lowest BCUT2D eigenvalue weighted by molar-refractivity contribution is 0.0384. The molecule has 0 bridgehead atoms. The molecule has 0 saturated carbocycles. The zero-order valence-electron chi connectivity index (χ0n) is 20.2. The van der Waals surface area contributed by atoms with E-state index < -0.39 is 0 Å². The van der Waals surface area contributed by atoms with Gasteiger partial charge in [-0.15, -0.1) is 0 Å². The Balaban J connectivity index is 1.26. The van der Waals surface area contributed by atoms with E-state index >= 15 is 0 Å². The molecule has 5 rings (SSSR count). The number of nitrogen functional groups attached to an aromatic ring is 1. The number of para-hydroxylation sites is 1. The Kier molecular flexibility index (Phi) is 7.30. The van der Waals surface area contributed by atoms with Gasteiger partial charge in [-0.2, -0.15) is 4.98 Å². The van der Waals surface area contributed by atoms with E-state index in [1.165, 1.54) is 5.56 Å². The summed E-state index contributed by atoms with van der Waals surface area (Å²) < 4.78 is 10.8. The molecule has 0 atom stereocenters. The molecule has 2 aromatic carbocycles. The number of rotatable bonds is 8. The third-order valence-electron chi connectivity index (χ3n) is 6.13. The quantitative estimate of drug-likeness (QED) is 0.386. The number of anilines is 3. The summed E-state index contributed by atoms with van der Waals surface area (Å²) in [5.41, 5.74) is 10.7. The molecule has 0 amide bonds. The molecular weight excluding hydrogens is 454 g/mol. The molecule has 2 aromatic heterocycles. The fraction of sp³-hybridized carbons (Fsp3) is 0.259. The summed E-state index contributed by atoms with van der Waals surface area (Å²) in [6.07, 6.45) is 6.10. The maximum absolute atomic E-state index is 6.28. The number of ether oxygens (including phenoxy) is 2. The van der Waals surface area contributed by atoms with Crippen LogP contribution in [0.5, 0.6) is 5.75 Å². The van der Waals surface area contributed by atoms with Gasteiger partial charge >= 0.3 is 0 Å². The topological polar surface area (TPSA) is 111 Å². The van der Waals surface area contributed by atoms with E-state index in [-0.39, 0.29) is 0 Å². The van der Waals surface area contributed by atoms with Crippen molar-refractivity contribution < 1.29 is 9.47 Å². The van der Waals surface area contributed by atoms with E-state index in [1.807, 2.05) is 36.4 Å². The van der Waals surface area contributed by atoms with Crippen molar-refractivity contribution in [2.45, 2.75) is 6.42 Å². The molecule has 1 aliphatic heterocycles. The summed E-state index contributed by atoms with van der Waals surface area (Å²) in [4.78, 5) is 20.4. The minimum absolute atomic E-state index is 0.351. The molecule has 9 heteroatoms. The number of nitrogens with two attached hydrogens (primary N) is 1. The van der Waals surface area contributed by atoms with Gasteiger partial charge in [-0.1, -0.05) is 24.3 Å². The normalized spacial score (nSPS) is 13.9. The maximum Gasteiger partial charge on any atom is 0.229 e. The van der Waals surface area contributed by atoms with Gasteiger partial charge in [0, 0.05) is 55.0 Å². The summed E-state index contributed by atoms with van der Waals surface area (Å²) >= 11 is 0. The van der Waals surface area contributed by atoms with E-state index in [0.29, 0.717) is 28.9 Å². The van der Waals surface area contributed by atoms with E-state index in [1.54, 1.807) is 25.7 Å². The molecule has 3 N–H and O–H groups in total. The van der Waals surface area contributed by atoms with Crippen LogP contribution in [-0.2, 0) is 11.2 Å². The van der Waals surface area contributed by atoms with Crippen molar-refractivity contribution in [2.24, 2.45) is 0 Å². The van der Waals surface area contributed by atoms with Crippen LogP contribution in [0.15, 0.2) is 67.1 Å². The number of hydrogen-bond acceptors (Lipinski definition) is 9. The highest BCUT2D eigenvalue weighted by molar-refractivity contribution is 5.74. The van der Waals surface area contributed by atoms with E-state index in [4.69, 9.17) is 15.2 Å². The molecule has 1 saturated heterocycles. The van der Waals surface area contributed by atoms with Crippen molar-refractivity contribution in [3.63, 3.8) is 0 Å². The van der Waals surface area contributed by atoms with Gasteiger partial charge in [-0.05, 0) is 36.2 Å². The van der Waals surface area contributed by atoms with Crippen LogP contribution in [0, 0.1) is 0 Å². The predicted molar refractivity (Wildman–Crippen MR) is 140 cm³/mol. The number of nitrogens with zero attached hydrogens (tertiary/aromatic N) is 5. The van der Waals surface area contributed by atoms with Crippen molar-refractivity contribution in [3.8, 4) is 28.3 Å². The molecule has 0 unspecified atom stereocenters. The van der Waals surface area contributed by atoms with E-state index in [9.17, 15) is 0 Å². The molecule has 0 spiro atoms. The van der Waals surface area contributed by atoms with Gasteiger partial charge in [0.05, 0.1) is 25.9 Å². The Labute approximate surface area is 210 Å². The van der Waals surface area contributed by atoms with Gasteiger partial charge in [-0.25, -0.2) is 15.0 Å². The van der Waals surface area contributed by atoms with E-state index in [0.717, 1.165) is 56.1 Å². The summed E-state index contributed by atoms with van der Waals surface area (Å²) in [6.45, 7) is 4.63. The maximum atomic E-state index is 6.28. The first kappa shape index (κ1) is 23.7. The summed E-state index contributed by atoms with van der Waals surface area (Å²) in [5.74, 6) is 2.08. The predicted octanol–water partition coefficient (Wildman–Crippen LogP) is 3.81. The van der Waals surface area contributed by atoms with Gasteiger partial charge in [0.25, 0.3) is 0 Å². The second-order valence-corrected chi connectivity index (χ2v) is 8.52. The summed E-state index contributed by atoms with van der Waals surface area (Å²) in [5, 5.41) is 3.26. The number of nitrogens with one attached hydrogen (secondary N) is 1. The second-order valence-electron chi connectivity index (χ2n) is 8.52. The molecule has 36 heavy (non-hydrogen) atoms. The first-order valence-electron chi connectivity index (χ1n) is 11.9. The van der Waals surface area contributed by atoms with Crippen LogP contribution in [-0.4, -0.2) is 64.8 Å². The highest BCUT2D eigenvalue weighted by Crippen LogP contribution is 2.29. The lowest BCUT2D eigenvalue weighted by atomic mass is 10.1. The van der Waals surface area contributed by atoms with Crippen LogP contribution in [0.1, 0.15) is 5.56 Å². The average molecular weight is 484 g/mol. The fourth-order valence-electron chi connectivity index (χ4n) is 4.16. The second kappa shape index (κ2) is 11.1. The summed E-state index contributed by atoms with van der Waals surface area (Å²) in [6, 6.07) is 15.9. The smallest absolute Gasteiger partial charge is 0.229 e. The van der Waals surface area contributed by atoms with Crippen LogP contribution < -0.4 is 15.8 Å². The van der Waals surface area contributed by atoms with Crippen LogP contribution in [0.4, 0.5) is 17.5 Å². The minimum atomic E-state index is 0.351. The van der Waals surface area contributed by atoms with Crippen molar-refractivity contribution in [1.82, 2.24) is 24.8 Å². The third-order valence-corrected chi connectivity index (χ3v) is 6.13. The SMILES string of the molecule is COc1ccccc1-c1ncc(-c2cnc(Nc3cccc(CCN4CCOCC4)c3)nc2N)cn1. The fourth-order valence-corrected chi connectivity index (χ4v) is 4.16. The minimum Gasteiger partial charge on any atom is -0.496 e. The van der Waals surface area contributed by atoms with Gasteiger partial charge < -0.3 is 20.5 Å². The number of hydrogen-bond donors (Lipinski definition) is 2. The number of methoxy groups -OCH3 is 1. The van der Waals surface area contributed by atoms with Crippen molar-refractivity contribution in [3.05, 3.63) is 72.7 Å². The lowest BCUT2D eigenvalue weighted by Gasteiger charge is -2.26. The lowest BCUT2D eigenvalue weighted by Crippen LogP contribution is -2.37. The first-order chi connectivity index (χ1) is 17.7. The highest BCUT2D eigenvalue weighted by atomic mass is 16.5. The van der Waals surface area contributed by atoms with Crippen LogP contribution >= 0.6 is 0 Å². The highest BCUT2D eigenvalue weighted by Gasteiger charge is 2.12. The van der Waals surface area contributed by atoms with Crippen molar-refractivity contribution in [2.75, 3.05) is 51.0 Å². The van der Waals surface area contributed by atoms with Crippen molar-refractivity contribution in [1.29, 1.82) is 0 Å². The molecule has 3 heterocycles. The standard InChI is InChI=1S/C27H29N7O2/c1-35-24-8-3-2-7-22(24)26-29-16-20(17-30-26)23-18-31-27(33-25(23)28)32-21-6-4-5-19(15-21)9-10-34-11-13-36-14-12-34/h2-8,15-18H,9-14H2,1H3,(H3,28,31,32,33). The average Bonchev–Trinajstić information content (AvgIpc) is 2.93. The molecule has 1 fully saturated rings. The Bertz CT molecular complexity index is 1310. The van der Waals surface area contributed by atoms with Crippen LogP contribution in [0.25, 0.3) is 22.5 Å².